The molecule has 0 saturated carbocycles. The van der Waals surface area contributed by atoms with Crippen molar-refractivity contribution >= 4 is 18.3 Å². The van der Waals surface area contributed by atoms with E-state index in [1.807, 2.05) is 12.1 Å². The van der Waals surface area contributed by atoms with Gasteiger partial charge in [0.25, 0.3) is 0 Å². The van der Waals surface area contributed by atoms with E-state index in [0.717, 1.165) is 24.0 Å². The van der Waals surface area contributed by atoms with Gasteiger partial charge in [-0.15, -0.1) is 0 Å². The van der Waals surface area contributed by atoms with Crippen molar-refractivity contribution < 1.29 is 4.79 Å². The average Bonchev–Trinajstić information content (AvgIpc) is 2.36. The maximum atomic E-state index is 10.8. The Hall–Kier alpha value is -1.64. The molecule has 0 unspecified atom stereocenters. The zero-order valence-corrected chi connectivity index (χ0v) is 11.2. The first-order chi connectivity index (χ1) is 8.24. The summed E-state index contributed by atoms with van der Waals surface area (Å²) in [4.78, 5) is 14.6. The summed E-state index contributed by atoms with van der Waals surface area (Å²) in [6.45, 7) is 6.30. The minimum atomic E-state index is 0.671. The molecule has 0 spiro atoms. The predicted octanol–water partition coefficient (Wildman–Crippen LogP) is 3.55. The van der Waals surface area contributed by atoms with Crippen molar-refractivity contribution in [1.29, 1.82) is 0 Å². The lowest BCUT2D eigenvalue weighted by molar-refractivity contribution is 0.112. The first-order valence-electron chi connectivity index (χ1n) is 5.99. The molecule has 17 heavy (non-hydrogen) atoms. The largest absolute Gasteiger partial charge is 0.346 e. The lowest BCUT2D eigenvalue weighted by Crippen LogP contribution is -2.02. The quantitative estimate of drug-likeness (QED) is 0.492. The van der Waals surface area contributed by atoms with E-state index in [9.17, 15) is 4.79 Å². The van der Waals surface area contributed by atoms with Gasteiger partial charge in [0, 0.05) is 12.6 Å². The van der Waals surface area contributed by atoms with Crippen molar-refractivity contribution in [3.05, 3.63) is 29.3 Å². The van der Waals surface area contributed by atoms with Gasteiger partial charge in [0.2, 0.25) is 0 Å². The number of aryl methyl sites for hydroxylation is 1. The minimum Gasteiger partial charge on any atom is -0.346 e. The van der Waals surface area contributed by atoms with Gasteiger partial charge in [0.05, 0.1) is 12.0 Å². The maximum absolute atomic E-state index is 10.8. The van der Waals surface area contributed by atoms with Gasteiger partial charge in [-0.05, 0) is 18.1 Å². The Labute approximate surface area is 104 Å². The zero-order chi connectivity index (χ0) is 13.1. The first kappa shape index (κ1) is 15.4. The number of para-hydroxylation sites is 1. The second kappa shape index (κ2) is 9.58. The molecule has 0 aliphatic heterocycles. The van der Waals surface area contributed by atoms with Crippen LogP contribution in [0.4, 0.5) is 5.69 Å². The fraction of sp³-hybridized carbons (Fsp3) is 0.429. The highest BCUT2D eigenvalue weighted by atomic mass is 16.1. The van der Waals surface area contributed by atoms with Crippen LogP contribution in [0.2, 0.25) is 0 Å². The van der Waals surface area contributed by atoms with Gasteiger partial charge in [0.1, 0.15) is 0 Å². The van der Waals surface area contributed by atoms with Crippen LogP contribution in [0.15, 0.2) is 23.2 Å². The number of benzene rings is 1. The summed E-state index contributed by atoms with van der Waals surface area (Å²) >= 11 is 0. The Morgan fingerprint density at radius 2 is 1.94 bits per heavy atom. The summed E-state index contributed by atoms with van der Waals surface area (Å²) in [6, 6.07) is 5.67. The van der Waals surface area contributed by atoms with E-state index < -0.39 is 0 Å². The van der Waals surface area contributed by atoms with E-state index >= 15 is 0 Å². The lowest BCUT2D eigenvalue weighted by atomic mass is 10.1. The fourth-order valence-electron chi connectivity index (χ4n) is 1.32. The number of anilines is 1. The van der Waals surface area contributed by atoms with Crippen LogP contribution in [0.3, 0.4) is 0 Å². The molecule has 0 aromatic heterocycles. The predicted molar refractivity (Wildman–Crippen MR) is 75.2 cm³/mol. The van der Waals surface area contributed by atoms with E-state index in [1.165, 1.54) is 6.42 Å². The maximum Gasteiger partial charge on any atom is 0.152 e. The molecule has 0 aliphatic carbocycles. The van der Waals surface area contributed by atoms with Gasteiger partial charge in [-0.1, -0.05) is 39.3 Å². The third kappa shape index (κ3) is 5.29. The van der Waals surface area contributed by atoms with Crippen LogP contribution in [0, 0.1) is 0 Å². The van der Waals surface area contributed by atoms with Crippen LogP contribution < -0.4 is 5.32 Å². The van der Waals surface area contributed by atoms with Gasteiger partial charge < -0.3 is 5.32 Å². The van der Waals surface area contributed by atoms with E-state index in [2.05, 4.69) is 31.1 Å². The molecule has 1 aromatic rings. The van der Waals surface area contributed by atoms with Gasteiger partial charge in [0.15, 0.2) is 6.29 Å². The molecule has 1 rings (SSSR count). The highest BCUT2D eigenvalue weighted by Gasteiger charge is 2.04. The number of rotatable bonds is 4. The normalized spacial score (nSPS) is 9.65. The molecule has 0 saturated heterocycles. The SMILES string of the molecule is CCC.CCc1cccc(C=O)c1NC=NC. The molecular formula is C14H22N2O. The summed E-state index contributed by atoms with van der Waals surface area (Å²) in [7, 11) is 1.68. The van der Waals surface area contributed by atoms with Crippen molar-refractivity contribution in [2.24, 2.45) is 4.99 Å². The number of aliphatic imine (C=N–C) groups is 1. The number of hydrogen-bond acceptors (Lipinski definition) is 2. The van der Waals surface area contributed by atoms with Gasteiger partial charge in [-0.25, -0.2) is 0 Å². The van der Waals surface area contributed by atoms with Crippen molar-refractivity contribution in [1.82, 2.24) is 0 Å². The van der Waals surface area contributed by atoms with Crippen LogP contribution in [-0.4, -0.2) is 19.7 Å². The summed E-state index contributed by atoms with van der Waals surface area (Å²) in [5, 5.41) is 3.01. The third-order valence-electron chi connectivity index (χ3n) is 2.03. The number of nitrogens with one attached hydrogen (secondary N) is 1. The van der Waals surface area contributed by atoms with Crippen molar-refractivity contribution in [2.75, 3.05) is 12.4 Å². The number of carbonyl (C=O) groups is 1. The Kier molecular flexibility index (Phi) is 8.65. The van der Waals surface area contributed by atoms with Gasteiger partial charge in [-0.3, -0.25) is 9.79 Å². The summed E-state index contributed by atoms with van der Waals surface area (Å²) in [5.74, 6) is 0. The first-order valence-corrected chi connectivity index (χ1v) is 5.99. The molecule has 3 nitrogen and oxygen atoms in total. The van der Waals surface area contributed by atoms with E-state index in [4.69, 9.17) is 0 Å². The number of aldehydes is 1. The van der Waals surface area contributed by atoms with E-state index in [1.54, 1.807) is 19.5 Å². The van der Waals surface area contributed by atoms with Crippen LogP contribution in [0.5, 0.6) is 0 Å². The number of carbonyl (C=O) groups excluding carboxylic acids is 1. The molecule has 0 aliphatic rings. The molecule has 0 atom stereocenters. The van der Waals surface area contributed by atoms with Crippen LogP contribution in [0.1, 0.15) is 43.1 Å². The zero-order valence-electron chi connectivity index (χ0n) is 11.2. The Bertz CT molecular complexity index is 359. The van der Waals surface area contributed by atoms with E-state index in [0.29, 0.717) is 5.56 Å². The van der Waals surface area contributed by atoms with Crippen LogP contribution in [0.25, 0.3) is 0 Å². The standard InChI is InChI=1S/C11H14N2O.C3H8/c1-3-9-5-4-6-10(7-14)11(9)13-8-12-2;1-3-2/h4-8H,3H2,1-2H3,(H,12,13);3H2,1-2H3. The smallest absolute Gasteiger partial charge is 0.152 e. The molecule has 0 heterocycles. The molecule has 1 aromatic carbocycles. The Morgan fingerprint density at radius 3 is 2.41 bits per heavy atom. The van der Waals surface area contributed by atoms with Gasteiger partial charge >= 0.3 is 0 Å². The van der Waals surface area contributed by atoms with Gasteiger partial charge in [-0.2, -0.15) is 0 Å². The molecule has 0 bridgehead atoms. The minimum absolute atomic E-state index is 0.671. The second-order valence-electron chi connectivity index (χ2n) is 3.59. The monoisotopic (exact) mass is 234 g/mol. The highest BCUT2D eigenvalue weighted by molar-refractivity contribution is 5.91. The summed E-state index contributed by atoms with van der Waals surface area (Å²) in [6.07, 6.45) is 4.58. The molecular weight excluding hydrogens is 212 g/mol. The van der Waals surface area contributed by atoms with Crippen molar-refractivity contribution in [2.45, 2.75) is 33.6 Å². The van der Waals surface area contributed by atoms with E-state index in [-0.39, 0.29) is 0 Å². The average molecular weight is 234 g/mol. The summed E-state index contributed by atoms with van der Waals surface area (Å²) in [5.41, 5.74) is 2.65. The van der Waals surface area contributed by atoms with Crippen molar-refractivity contribution in [3.8, 4) is 0 Å². The van der Waals surface area contributed by atoms with Crippen molar-refractivity contribution in [3.63, 3.8) is 0 Å². The molecule has 94 valence electrons. The molecule has 0 fully saturated rings. The second-order valence-corrected chi connectivity index (χ2v) is 3.59. The highest BCUT2D eigenvalue weighted by Crippen LogP contribution is 2.19. The number of hydrogen-bond donors (Lipinski definition) is 1. The Balaban J connectivity index is 0.000000770. The molecule has 0 radical (unpaired) electrons. The summed E-state index contributed by atoms with van der Waals surface area (Å²) < 4.78 is 0. The fourth-order valence-corrected chi connectivity index (χ4v) is 1.32. The Morgan fingerprint density at radius 1 is 1.29 bits per heavy atom. The topological polar surface area (TPSA) is 41.5 Å². The van der Waals surface area contributed by atoms with Crippen LogP contribution >= 0.6 is 0 Å². The van der Waals surface area contributed by atoms with Crippen LogP contribution in [-0.2, 0) is 6.42 Å². The molecule has 0 amide bonds. The molecule has 1 N–H and O–H groups in total. The lowest BCUT2D eigenvalue weighted by Gasteiger charge is -2.09. The number of nitrogens with zero attached hydrogens (tertiary/aromatic N) is 1. The molecule has 3 heteroatoms. The third-order valence-corrected chi connectivity index (χ3v) is 2.03.